The van der Waals surface area contributed by atoms with E-state index in [-0.39, 0.29) is 5.91 Å². The van der Waals surface area contributed by atoms with Gasteiger partial charge in [-0.25, -0.2) is 0 Å². The maximum absolute atomic E-state index is 11.6. The number of nitrogens with one attached hydrogen (secondary N) is 1. The molecule has 0 unspecified atom stereocenters. The highest BCUT2D eigenvalue weighted by molar-refractivity contribution is 5.97. The van der Waals surface area contributed by atoms with Crippen molar-refractivity contribution in [2.75, 3.05) is 12.3 Å². The van der Waals surface area contributed by atoms with Gasteiger partial charge < -0.3 is 15.8 Å². The van der Waals surface area contributed by atoms with Gasteiger partial charge in [-0.3, -0.25) is 4.79 Å². The minimum absolute atomic E-state index is 0.0623. The van der Waals surface area contributed by atoms with Crippen LogP contribution in [0.2, 0.25) is 0 Å². The van der Waals surface area contributed by atoms with Gasteiger partial charge in [0.2, 0.25) is 5.91 Å². The van der Waals surface area contributed by atoms with E-state index in [0.29, 0.717) is 19.1 Å². The molecule has 0 aromatic heterocycles. The molecule has 1 saturated carbocycles. The molecule has 20 heavy (non-hydrogen) atoms. The average molecular weight is 270 g/mol. The molecule has 2 aromatic carbocycles. The van der Waals surface area contributed by atoms with Crippen molar-refractivity contribution in [2.24, 2.45) is 0 Å². The standard InChI is InChI=1S/C16H18N2O2/c17-14-7-8-15(13-4-2-1-3-12(13)14)20-10-9-16(19)18-11-5-6-11/h1-4,7-8,11H,5-6,9-10,17H2,(H,18,19). The smallest absolute Gasteiger partial charge is 0.223 e. The first kappa shape index (κ1) is 12.8. The second-order valence-corrected chi connectivity index (χ2v) is 5.14. The van der Waals surface area contributed by atoms with Crippen LogP contribution in [-0.2, 0) is 4.79 Å². The zero-order chi connectivity index (χ0) is 13.9. The number of ether oxygens (including phenoxy) is 1. The summed E-state index contributed by atoms with van der Waals surface area (Å²) < 4.78 is 5.73. The van der Waals surface area contributed by atoms with Crippen molar-refractivity contribution in [3.05, 3.63) is 36.4 Å². The van der Waals surface area contributed by atoms with Gasteiger partial charge in [0.1, 0.15) is 5.75 Å². The normalized spacial score (nSPS) is 14.2. The summed E-state index contributed by atoms with van der Waals surface area (Å²) >= 11 is 0. The summed E-state index contributed by atoms with van der Waals surface area (Å²) in [6.45, 7) is 0.381. The molecule has 1 amide bonds. The van der Waals surface area contributed by atoms with Gasteiger partial charge in [0, 0.05) is 22.5 Å². The first-order chi connectivity index (χ1) is 9.74. The summed E-state index contributed by atoms with van der Waals surface area (Å²) in [7, 11) is 0. The van der Waals surface area contributed by atoms with Gasteiger partial charge in [-0.2, -0.15) is 0 Å². The van der Waals surface area contributed by atoms with E-state index in [1.165, 1.54) is 0 Å². The Balaban J connectivity index is 1.65. The Morgan fingerprint density at radius 2 is 1.95 bits per heavy atom. The van der Waals surface area contributed by atoms with E-state index >= 15 is 0 Å². The van der Waals surface area contributed by atoms with Crippen LogP contribution >= 0.6 is 0 Å². The molecule has 3 rings (SSSR count). The lowest BCUT2D eigenvalue weighted by atomic mass is 10.1. The number of hydrogen-bond acceptors (Lipinski definition) is 3. The molecule has 0 aliphatic heterocycles. The van der Waals surface area contributed by atoms with Crippen molar-refractivity contribution in [1.82, 2.24) is 5.32 Å². The molecule has 2 aromatic rings. The van der Waals surface area contributed by atoms with Crippen molar-refractivity contribution in [2.45, 2.75) is 25.3 Å². The van der Waals surface area contributed by atoms with E-state index in [1.807, 2.05) is 36.4 Å². The van der Waals surface area contributed by atoms with Crippen LogP contribution in [0.4, 0.5) is 5.69 Å². The molecule has 1 aliphatic carbocycles. The number of rotatable bonds is 5. The van der Waals surface area contributed by atoms with Crippen molar-refractivity contribution in [3.8, 4) is 5.75 Å². The van der Waals surface area contributed by atoms with E-state index in [0.717, 1.165) is 35.1 Å². The zero-order valence-electron chi connectivity index (χ0n) is 11.3. The summed E-state index contributed by atoms with van der Waals surface area (Å²) in [6, 6.07) is 11.9. The number of anilines is 1. The van der Waals surface area contributed by atoms with Crippen LogP contribution in [0, 0.1) is 0 Å². The number of nitrogens with two attached hydrogens (primary N) is 1. The van der Waals surface area contributed by atoms with Crippen LogP contribution in [0.5, 0.6) is 5.75 Å². The highest BCUT2D eigenvalue weighted by atomic mass is 16.5. The third-order valence-corrected chi connectivity index (χ3v) is 3.45. The maximum atomic E-state index is 11.6. The number of carbonyl (C=O) groups is 1. The number of benzene rings is 2. The summed E-state index contributed by atoms with van der Waals surface area (Å²) in [5, 5.41) is 4.91. The molecule has 1 fully saturated rings. The first-order valence-electron chi connectivity index (χ1n) is 6.93. The fraction of sp³-hybridized carbons (Fsp3) is 0.312. The van der Waals surface area contributed by atoms with Crippen molar-refractivity contribution in [3.63, 3.8) is 0 Å². The number of hydrogen-bond donors (Lipinski definition) is 2. The van der Waals surface area contributed by atoms with Gasteiger partial charge in [-0.1, -0.05) is 24.3 Å². The highest BCUT2D eigenvalue weighted by Crippen LogP contribution is 2.29. The number of amides is 1. The van der Waals surface area contributed by atoms with Gasteiger partial charge in [-0.05, 0) is 25.0 Å². The summed E-state index contributed by atoms with van der Waals surface area (Å²) in [4.78, 5) is 11.6. The zero-order valence-corrected chi connectivity index (χ0v) is 11.3. The Morgan fingerprint density at radius 3 is 2.70 bits per heavy atom. The van der Waals surface area contributed by atoms with Crippen LogP contribution in [0.3, 0.4) is 0 Å². The first-order valence-corrected chi connectivity index (χ1v) is 6.93. The molecule has 0 radical (unpaired) electrons. The van der Waals surface area contributed by atoms with Gasteiger partial charge in [-0.15, -0.1) is 0 Å². The Morgan fingerprint density at radius 1 is 1.20 bits per heavy atom. The molecule has 1 aliphatic rings. The molecular formula is C16H18N2O2. The van der Waals surface area contributed by atoms with Gasteiger partial charge in [0.05, 0.1) is 13.0 Å². The third kappa shape index (κ3) is 2.85. The highest BCUT2D eigenvalue weighted by Gasteiger charge is 2.22. The number of carbonyl (C=O) groups excluding carboxylic acids is 1. The minimum Gasteiger partial charge on any atom is -0.492 e. The Hall–Kier alpha value is -2.23. The van der Waals surface area contributed by atoms with Crippen molar-refractivity contribution >= 4 is 22.4 Å². The molecule has 4 heteroatoms. The molecular weight excluding hydrogens is 252 g/mol. The number of fused-ring (bicyclic) bond motifs is 1. The largest absolute Gasteiger partial charge is 0.492 e. The fourth-order valence-electron chi connectivity index (χ4n) is 2.20. The van der Waals surface area contributed by atoms with Crippen LogP contribution < -0.4 is 15.8 Å². The Bertz CT molecular complexity index is 635. The van der Waals surface area contributed by atoms with Crippen molar-refractivity contribution in [1.29, 1.82) is 0 Å². The molecule has 4 nitrogen and oxygen atoms in total. The second-order valence-electron chi connectivity index (χ2n) is 5.14. The minimum atomic E-state index is 0.0623. The van der Waals surface area contributed by atoms with Crippen LogP contribution in [-0.4, -0.2) is 18.6 Å². The molecule has 0 heterocycles. The van der Waals surface area contributed by atoms with E-state index in [4.69, 9.17) is 10.5 Å². The lowest BCUT2D eigenvalue weighted by Gasteiger charge is -2.10. The predicted octanol–water partition coefficient (Wildman–Crippen LogP) is 2.47. The summed E-state index contributed by atoms with van der Waals surface area (Å²) in [5.74, 6) is 0.835. The predicted molar refractivity (Wildman–Crippen MR) is 79.6 cm³/mol. The Labute approximate surface area is 117 Å². The van der Waals surface area contributed by atoms with E-state index in [9.17, 15) is 4.79 Å². The second kappa shape index (κ2) is 5.41. The third-order valence-electron chi connectivity index (χ3n) is 3.45. The van der Waals surface area contributed by atoms with E-state index < -0.39 is 0 Å². The quantitative estimate of drug-likeness (QED) is 0.820. The van der Waals surface area contributed by atoms with Crippen LogP contribution in [0.15, 0.2) is 36.4 Å². The molecule has 0 bridgehead atoms. The maximum Gasteiger partial charge on any atom is 0.223 e. The van der Waals surface area contributed by atoms with Gasteiger partial charge >= 0.3 is 0 Å². The van der Waals surface area contributed by atoms with Gasteiger partial charge in [0.15, 0.2) is 0 Å². The monoisotopic (exact) mass is 270 g/mol. The average Bonchev–Trinajstić information content (AvgIpc) is 3.26. The van der Waals surface area contributed by atoms with Crippen LogP contribution in [0.1, 0.15) is 19.3 Å². The SMILES string of the molecule is Nc1ccc(OCCC(=O)NC2CC2)c2ccccc12. The lowest BCUT2D eigenvalue weighted by Crippen LogP contribution is -2.26. The van der Waals surface area contributed by atoms with Crippen LogP contribution in [0.25, 0.3) is 10.8 Å². The number of nitrogen functional groups attached to an aromatic ring is 1. The van der Waals surface area contributed by atoms with Gasteiger partial charge in [0.25, 0.3) is 0 Å². The fourth-order valence-corrected chi connectivity index (χ4v) is 2.20. The lowest BCUT2D eigenvalue weighted by molar-refractivity contribution is -0.121. The van der Waals surface area contributed by atoms with Crippen molar-refractivity contribution < 1.29 is 9.53 Å². The molecule has 3 N–H and O–H groups in total. The van der Waals surface area contributed by atoms with E-state index in [1.54, 1.807) is 0 Å². The van der Waals surface area contributed by atoms with E-state index in [2.05, 4.69) is 5.32 Å². The Kier molecular flexibility index (Phi) is 3.46. The summed E-state index contributed by atoms with van der Waals surface area (Å²) in [6.07, 6.45) is 2.60. The molecule has 0 spiro atoms. The summed E-state index contributed by atoms with van der Waals surface area (Å²) in [5.41, 5.74) is 6.68. The topological polar surface area (TPSA) is 64.3 Å². The molecule has 0 saturated heterocycles. The molecule has 104 valence electrons. The molecule has 0 atom stereocenters.